The van der Waals surface area contributed by atoms with E-state index >= 15 is 0 Å². The molecule has 1 saturated heterocycles. The van der Waals surface area contributed by atoms with Crippen molar-refractivity contribution in [2.45, 2.75) is 17.9 Å². The van der Waals surface area contributed by atoms with Crippen LogP contribution in [0.2, 0.25) is 0 Å². The van der Waals surface area contributed by atoms with Gasteiger partial charge in [-0.2, -0.15) is 5.26 Å². The maximum absolute atomic E-state index is 13.0. The van der Waals surface area contributed by atoms with Crippen molar-refractivity contribution in [1.29, 1.82) is 5.26 Å². The zero-order valence-electron chi connectivity index (χ0n) is 17.1. The van der Waals surface area contributed by atoms with Gasteiger partial charge in [-0.25, -0.2) is 13.1 Å². The zero-order valence-corrected chi connectivity index (χ0v) is 18.0. The van der Waals surface area contributed by atoms with Gasteiger partial charge in [-0.1, -0.05) is 12.1 Å². The van der Waals surface area contributed by atoms with E-state index in [2.05, 4.69) is 22.7 Å². The molecule has 1 atom stereocenters. The predicted octanol–water partition coefficient (Wildman–Crippen LogP) is 1.70. The molecule has 1 amide bonds. The van der Waals surface area contributed by atoms with Crippen molar-refractivity contribution in [1.82, 2.24) is 9.29 Å². The highest BCUT2D eigenvalue weighted by atomic mass is 32.2. The van der Waals surface area contributed by atoms with E-state index in [4.69, 9.17) is 9.47 Å². The molecule has 162 valence electrons. The average Bonchev–Trinajstić information content (AvgIpc) is 2.97. The van der Waals surface area contributed by atoms with Gasteiger partial charge in [0.05, 0.1) is 36.3 Å². The van der Waals surface area contributed by atoms with E-state index in [9.17, 15) is 18.5 Å². The first-order valence-corrected chi connectivity index (χ1v) is 11.1. The minimum absolute atomic E-state index is 0.0120. The minimum atomic E-state index is -3.94. The summed E-state index contributed by atoms with van der Waals surface area (Å²) in [5.74, 6) is -0.558. The molecule has 0 aliphatic carbocycles. The van der Waals surface area contributed by atoms with E-state index < -0.39 is 27.4 Å². The molecule has 1 fully saturated rings. The van der Waals surface area contributed by atoms with Gasteiger partial charge in [0.2, 0.25) is 10.0 Å². The Hall–Kier alpha value is -3.13. The van der Waals surface area contributed by atoms with Gasteiger partial charge in [0, 0.05) is 18.9 Å². The minimum Gasteiger partial charge on any atom is -0.488 e. The summed E-state index contributed by atoms with van der Waals surface area (Å²) in [6.07, 6.45) is 3.03. The van der Waals surface area contributed by atoms with Gasteiger partial charge in [0.15, 0.2) is 11.4 Å². The van der Waals surface area contributed by atoms with Gasteiger partial charge in [-0.3, -0.25) is 4.79 Å². The number of rotatable bonds is 4. The summed E-state index contributed by atoms with van der Waals surface area (Å²) in [4.78, 5) is 12.9. The fourth-order valence-electron chi connectivity index (χ4n) is 3.71. The first-order valence-electron chi connectivity index (χ1n) is 9.58. The Labute approximate surface area is 180 Å². The molecule has 9 nitrogen and oxygen atoms in total. The van der Waals surface area contributed by atoms with Crippen LogP contribution < -0.4 is 14.8 Å². The summed E-state index contributed by atoms with van der Waals surface area (Å²) in [5.41, 5.74) is 1.16. The van der Waals surface area contributed by atoms with Crippen LogP contribution in [0.15, 0.2) is 41.9 Å². The number of nitriles is 1. The highest BCUT2D eigenvalue weighted by molar-refractivity contribution is 7.89. The van der Waals surface area contributed by atoms with Crippen molar-refractivity contribution in [2.75, 3.05) is 25.1 Å². The third kappa shape index (κ3) is 3.50. The number of amides is 1. The Bertz CT molecular complexity index is 1220. The summed E-state index contributed by atoms with van der Waals surface area (Å²) < 4.78 is 41.3. The van der Waals surface area contributed by atoms with Crippen LogP contribution in [0.5, 0.6) is 5.75 Å². The second-order valence-corrected chi connectivity index (χ2v) is 9.47. The smallest absolute Gasteiger partial charge is 0.276 e. The predicted molar refractivity (Wildman–Crippen MR) is 112 cm³/mol. The van der Waals surface area contributed by atoms with Crippen LogP contribution in [-0.2, 0) is 21.8 Å². The van der Waals surface area contributed by atoms with Crippen molar-refractivity contribution in [3.05, 3.63) is 53.9 Å². The van der Waals surface area contributed by atoms with Crippen molar-refractivity contribution < 1.29 is 22.7 Å². The lowest BCUT2D eigenvalue weighted by Gasteiger charge is -2.44. The quantitative estimate of drug-likeness (QED) is 0.695. The Morgan fingerprint density at radius 2 is 2.19 bits per heavy atom. The largest absolute Gasteiger partial charge is 0.488 e. The Balaban J connectivity index is 1.67. The van der Waals surface area contributed by atoms with Crippen molar-refractivity contribution >= 4 is 21.6 Å². The van der Waals surface area contributed by atoms with Crippen molar-refractivity contribution in [3.8, 4) is 11.8 Å². The van der Waals surface area contributed by atoms with E-state index in [0.717, 1.165) is 5.56 Å². The molecule has 4 rings (SSSR count). The average molecular weight is 442 g/mol. The number of carbonyl (C=O) groups excluding carboxylic acids is 1. The highest BCUT2D eigenvalue weighted by Gasteiger charge is 2.48. The van der Waals surface area contributed by atoms with Crippen LogP contribution in [0.25, 0.3) is 0 Å². The van der Waals surface area contributed by atoms with Crippen molar-refractivity contribution in [3.63, 3.8) is 0 Å². The van der Waals surface area contributed by atoms with Gasteiger partial charge >= 0.3 is 0 Å². The number of nitrogens with one attached hydrogen (secondary N) is 2. The fourth-order valence-corrected chi connectivity index (χ4v) is 5.22. The van der Waals surface area contributed by atoms with E-state index in [1.165, 1.54) is 10.8 Å². The summed E-state index contributed by atoms with van der Waals surface area (Å²) in [6, 6.07) is 6.46. The highest BCUT2D eigenvalue weighted by Crippen LogP contribution is 2.38. The fraction of sp³-hybridized carbons (Fsp3) is 0.333. The Kier molecular flexibility index (Phi) is 5.13. The van der Waals surface area contributed by atoms with Gasteiger partial charge < -0.3 is 19.4 Å². The molecule has 3 heterocycles. The number of anilines is 1. The maximum Gasteiger partial charge on any atom is 0.276 e. The second-order valence-electron chi connectivity index (χ2n) is 7.79. The molecular weight excluding hydrogens is 420 g/mol. The van der Waals surface area contributed by atoms with Crippen LogP contribution in [0.4, 0.5) is 5.69 Å². The summed E-state index contributed by atoms with van der Waals surface area (Å²) in [5, 5.41) is 11.9. The summed E-state index contributed by atoms with van der Waals surface area (Å²) in [6.45, 7) is 6.31. The lowest BCUT2D eigenvalue weighted by atomic mass is 9.79. The molecule has 0 saturated carbocycles. The molecule has 1 aromatic carbocycles. The molecule has 2 N–H and O–H groups in total. The molecule has 2 aliphatic heterocycles. The lowest BCUT2D eigenvalue weighted by Crippen LogP contribution is -2.58. The van der Waals surface area contributed by atoms with Gasteiger partial charge in [-0.15, -0.1) is 6.58 Å². The topological polar surface area (TPSA) is 122 Å². The SMILES string of the molecule is C=CC1([C@H]2COc3c(cn(C)c3C(=O)Nc3ccc(C)c(C#N)c3)S(=O)(=O)N2)COC1. The molecule has 0 spiro atoms. The monoisotopic (exact) mass is 442 g/mol. The van der Waals surface area contributed by atoms with Gasteiger partial charge in [0.25, 0.3) is 5.91 Å². The number of hydrogen-bond donors (Lipinski definition) is 2. The Morgan fingerprint density at radius 1 is 1.45 bits per heavy atom. The molecule has 0 unspecified atom stereocenters. The van der Waals surface area contributed by atoms with Crippen molar-refractivity contribution in [2.24, 2.45) is 12.5 Å². The molecule has 2 aromatic rings. The molecule has 0 bridgehead atoms. The third-order valence-electron chi connectivity index (χ3n) is 5.76. The molecule has 10 heteroatoms. The Morgan fingerprint density at radius 3 is 2.81 bits per heavy atom. The van der Waals surface area contributed by atoms with E-state index in [1.54, 1.807) is 38.2 Å². The van der Waals surface area contributed by atoms with Crippen LogP contribution >= 0.6 is 0 Å². The van der Waals surface area contributed by atoms with Crippen LogP contribution in [0.1, 0.15) is 21.6 Å². The number of aryl methyl sites for hydroxylation is 2. The number of nitrogens with zero attached hydrogens (tertiary/aromatic N) is 2. The zero-order chi connectivity index (χ0) is 22.4. The number of ether oxygens (including phenoxy) is 2. The van der Waals surface area contributed by atoms with Gasteiger partial charge in [-0.05, 0) is 24.6 Å². The van der Waals surface area contributed by atoms with Crippen LogP contribution in [0, 0.1) is 23.7 Å². The molecule has 1 aromatic heterocycles. The van der Waals surface area contributed by atoms with Crippen LogP contribution in [0.3, 0.4) is 0 Å². The number of sulfonamides is 1. The molecule has 31 heavy (non-hydrogen) atoms. The number of hydrogen-bond acceptors (Lipinski definition) is 6. The molecule has 0 radical (unpaired) electrons. The first-order chi connectivity index (χ1) is 14.7. The summed E-state index contributed by atoms with van der Waals surface area (Å²) in [7, 11) is -2.37. The third-order valence-corrected chi connectivity index (χ3v) is 7.22. The number of fused-ring (bicyclic) bond motifs is 1. The normalized spacial score (nSPS) is 20.9. The first kappa shape index (κ1) is 21.1. The lowest BCUT2D eigenvalue weighted by molar-refractivity contribution is -0.103. The van der Waals surface area contributed by atoms with Gasteiger partial charge in [0.1, 0.15) is 11.5 Å². The van der Waals surface area contributed by atoms with E-state index in [1.807, 2.05) is 0 Å². The summed E-state index contributed by atoms with van der Waals surface area (Å²) >= 11 is 0. The molecule has 2 aliphatic rings. The van der Waals surface area contributed by atoms with E-state index in [-0.39, 0.29) is 22.9 Å². The molecular formula is C21H22N4O5S. The standard InChI is InChI=1S/C21H22N4O5S/c1-4-21(11-29-12-21)17-10-30-19-16(31(27,28)24-17)9-25(3)18(19)20(26)23-15-6-5-13(2)14(7-15)8-22/h4-7,9,17,24H,1,10-12H2,2-3H3,(H,23,26)/t17-/m1/s1. The van der Waals surface area contributed by atoms with E-state index in [0.29, 0.717) is 24.5 Å². The number of aromatic nitrogens is 1. The number of carbonyl (C=O) groups is 1. The number of benzene rings is 1. The van der Waals surface area contributed by atoms with Crippen LogP contribution in [-0.4, -0.2) is 44.8 Å². The maximum atomic E-state index is 13.0. The second kappa shape index (κ2) is 7.53.